The molecule has 0 aliphatic carbocycles. The Morgan fingerprint density at radius 1 is 1.25 bits per heavy atom. The molecule has 0 spiro atoms. The minimum Gasteiger partial charge on any atom is -0.206 e. The smallest absolute Gasteiger partial charge is 0.0787 e. The average Bonchev–Trinajstić information content (AvgIpc) is 2.04. The van der Waals surface area contributed by atoms with Gasteiger partial charge in [-0.05, 0) is 43.8 Å². The van der Waals surface area contributed by atoms with Crippen LogP contribution in [0.4, 0.5) is 5.69 Å². The van der Waals surface area contributed by atoms with Crippen LogP contribution >= 0.6 is 0 Å². The first-order valence-corrected chi connectivity index (χ1v) is 4.06. The second-order valence-electron chi connectivity index (χ2n) is 2.77. The first-order chi connectivity index (χ1) is 5.75. The number of aryl methyl sites for hydroxylation is 2. The van der Waals surface area contributed by atoms with Crippen molar-refractivity contribution >= 4 is 11.6 Å². The summed E-state index contributed by atoms with van der Waals surface area (Å²) in [5.41, 5.74) is 3.43. The summed E-state index contributed by atoms with van der Waals surface area (Å²) in [6, 6.07) is 6.16. The Morgan fingerprint density at radius 2 is 1.83 bits per heavy atom. The largest absolute Gasteiger partial charge is 0.206 e. The van der Waals surface area contributed by atoms with Gasteiger partial charge in [0.25, 0.3) is 0 Å². The molecular weight excluding hydrogens is 146 g/mol. The number of nitrogens with zero attached hydrogens (tertiary/aromatic N) is 1. The Kier molecular flexibility index (Phi) is 2.84. The zero-order chi connectivity index (χ0) is 8.97. The highest BCUT2D eigenvalue weighted by atomic mass is 14.7. The monoisotopic (exact) mass is 159 g/mol. The molecule has 1 aromatic rings. The van der Waals surface area contributed by atoms with E-state index >= 15 is 0 Å². The Morgan fingerprint density at radius 3 is 2.33 bits per heavy atom. The van der Waals surface area contributed by atoms with E-state index in [-0.39, 0.29) is 0 Å². The van der Waals surface area contributed by atoms with Gasteiger partial charge in [0, 0.05) is 0 Å². The first-order valence-electron chi connectivity index (χ1n) is 4.06. The second-order valence-corrected chi connectivity index (χ2v) is 2.77. The Labute approximate surface area is 73.5 Å². The Bertz CT molecular complexity index is 311. The zero-order valence-electron chi connectivity index (χ0n) is 7.76. The predicted molar refractivity (Wildman–Crippen MR) is 53.3 cm³/mol. The maximum atomic E-state index is 4.22. The van der Waals surface area contributed by atoms with Crippen LogP contribution in [-0.4, -0.2) is 5.87 Å². The van der Waals surface area contributed by atoms with Gasteiger partial charge < -0.3 is 0 Å². The summed E-state index contributed by atoms with van der Waals surface area (Å²) in [5, 5.41) is 0. The fourth-order valence-electron chi connectivity index (χ4n) is 1.11. The van der Waals surface area contributed by atoms with Gasteiger partial charge in [-0.15, -0.1) is 0 Å². The minimum atomic E-state index is 1.04. The lowest BCUT2D eigenvalue weighted by Crippen LogP contribution is -1.78. The predicted octanol–water partition coefficient (Wildman–Crippen LogP) is 3.18. The van der Waals surface area contributed by atoms with Crippen molar-refractivity contribution in [3.8, 4) is 0 Å². The molecule has 0 amide bonds. The normalized spacial score (nSPS) is 8.92. The molecule has 0 bridgehead atoms. The first kappa shape index (κ1) is 8.76. The molecule has 0 aliphatic heterocycles. The van der Waals surface area contributed by atoms with Crippen molar-refractivity contribution in [2.24, 2.45) is 4.99 Å². The minimum absolute atomic E-state index is 1.04. The van der Waals surface area contributed by atoms with Crippen LogP contribution in [0.25, 0.3) is 0 Å². The third kappa shape index (κ3) is 1.84. The fourth-order valence-corrected chi connectivity index (χ4v) is 1.11. The maximum absolute atomic E-state index is 4.22. The molecule has 0 aliphatic rings. The van der Waals surface area contributed by atoms with Gasteiger partial charge in [0.15, 0.2) is 0 Å². The lowest BCUT2D eigenvalue weighted by atomic mass is 10.1. The summed E-state index contributed by atoms with van der Waals surface area (Å²) < 4.78 is 0. The number of aliphatic imine (C=N–C) groups is 1. The van der Waals surface area contributed by atoms with Crippen molar-refractivity contribution in [2.45, 2.75) is 20.8 Å². The molecule has 1 nitrogen and oxygen atoms in total. The summed E-state index contributed by atoms with van der Waals surface area (Å²) >= 11 is 0. The van der Waals surface area contributed by atoms with E-state index in [1.54, 1.807) is 0 Å². The number of rotatable bonds is 1. The van der Waals surface area contributed by atoms with E-state index in [0.717, 1.165) is 5.69 Å². The summed E-state index contributed by atoms with van der Waals surface area (Å²) in [5.74, 6) is 2.85. The number of hydrogen-bond acceptors (Lipinski definition) is 1. The molecule has 0 saturated carbocycles. The summed E-state index contributed by atoms with van der Waals surface area (Å²) in [4.78, 5) is 4.22. The van der Waals surface area contributed by atoms with Crippen molar-refractivity contribution in [3.05, 3.63) is 35.4 Å². The van der Waals surface area contributed by atoms with Crippen LogP contribution in [0.15, 0.2) is 29.3 Å². The van der Waals surface area contributed by atoms with Gasteiger partial charge in [-0.1, -0.05) is 18.2 Å². The van der Waals surface area contributed by atoms with E-state index in [9.17, 15) is 0 Å². The number of hydrogen-bond donors (Lipinski definition) is 0. The molecule has 0 saturated heterocycles. The van der Waals surface area contributed by atoms with Crippen LogP contribution in [0.2, 0.25) is 0 Å². The van der Waals surface area contributed by atoms with Gasteiger partial charge in [-0.3, -0.25) is 0 Å². The van der Waals surface area contributed by atoms with Crippen molar-refractivity contribution in [3.63, 3.8) is 0 Å². The van der Waals surface area contributed by atoms with Crippen LogP contribution in [-0.2, 0) is 0 Å². The van der Waals surface area contributed by atoms with E-state index in [2.05, 4.69) is 36.8 Å². The molecular formula is C11H13N. The fraction of sp³-hybridized carbons (Fsp3) is 0.273. The van der Waals surface area contributed by atoms with E-state index in [1.807, 2.05) is 19.1 Å². The number of allylic oxidation sites excluding steroid dienone is 1. The third-order valence-corrected chi connectivity index (χ3v) is 1.74. The molecule has 0 heterocycles. The van der Waals surface area contributed by atoms with E-state index < -0.39 is 0 Å². The Hall–Kier alpha value is -1.33. The second kappa shape index (κ2) is 3.89. The Balaban J connectivity index is 3.21. The van der Waals surface area contributed by atoms with Crippen molar-refractivity contribution in [1.82, 2.24) is 0 Å². The molecule has 1 aromatic carbocycles. The molecule has 0 fully saturated rings. The third-order valence-electron chi connectivity index (χ3n) is 1.74. The maximum Gasteiger partial charge on any atom is 0.0787 e. The molecule has 62 valence electrons. The van der Waals surface area contributed by atoms with Gasteiger partial charge in [0.2, 0.25) is 0 Å². The van der Waals surface area contributed by atoms with Crippen molar-refractivity contribution in [1.29, 1.82) is 0 Å². The molecule has 0 radical (unpaired) electrons. The van der Waals surface area contributed by atoms with Gasteiger partial charge in [-0.2, -0.15) is 0 Å². The van der Waals surface area contributed by atoms with E-state index in [0.29, 0.717) is 0 Å². The molecule has 12 heavy (non-hydrogen) atoms. The molecule has 0 unspecified atom stereocenters. The highest BCUT2D eigenvalue weighted by Gasteiger charge is 1.97. The topological polar surface area (TPSA) is 12.4 Å². The molecule has 0 atom stereocenters. The standard InChI is InChI=1S/C11H13N/c1-4-8-12-11-9(2)6-5-7-10(11)3/h4-7H,1-3H3. The van der Waals surface area contributed by atoms with E-state index in [4.69, 9.17) is 0 Å². The molecule has 0 N–H and O–H groups in total. The molecule has 1 rings (SSSR count). The zero-order valence-corrected chi connectivity index (χ0v) is 7.76. The van der Waals surface area contributed by atoms with Gasteiger partial charge in [0.05, 0.1) is 5.69 Å². The van der Waals surface area contributed by atoms with Crippen LogP contribution in [0.3, 0.4) is 0 Å². The lowest BCUT2D eigenvalue weighted by molar-refractivity contribution is 1.34. The summed E-state index contributed by atoms with van der Waals surface area (Å²) in [7, 11) is 0. The SMILES string of the molecule is CC=C=Nc1c(C)cccc1C. The molecule has 0 aromatic heterocycles. The summed E-state index contributed by atoms with van der Waals surface area (Å²) in [6.07, 6.45) is 1.81. The number of para-hydroxylation sites is 1. The van der Waals surface area contributed by atoms with Crippen LogP contribution in [0.5, 0.6) is 0 Å². The summed E-state index contributed by atoms with van der Waals surface area (Å²) in [6.45, 7) is 6.03. The van der Waals surface area contributed by atoms with E-state index in [1.165, 1.54) is 11.1 Å². The van der Waals surface area contributed by atoms with Crippen LogP contribution in [0, 0.1) is 13.8 Å². The van der Waals surface area contributed by atoms with Gasteiger partial charge >= 0.3 is 0 Å². The number of benzene rings is 1. The highest BCUT2D eigenvalue weighted by Crippen LogP contribution is 2.21. The quantitative estimate of drug-likeness (QED) is 0.558. The van der Waals surface area contributed by atoms with Gasteiger partial charge in [-0.25, -0.2) is 4.99 Å². The van der Waals surface area contributed by atoms with Crippen molar-refractivity contribution < 1.29 is 0 Å². The van der Waals surface area contributed by atoms with Crippen LogP contribution in [0.1, 0.15) is 18.1 Å². The average molecular weight is 159 g/mol. The van der Waals surface area contributed by atoms with Crippen LogP contribution < -0.4 is 0 Å². The highest BCUT2D eigenvalue weighted by molar-refractivity contribution is 5.62. The van der Waals surface area contributed by atoms with Crippen molar-refractivity contribution in [2.75, 3.05) is 0 Å². The van der Waals surface area contributed by atoms with Gasteiger partial charge in [0.1, 0.15) is 0 Å². The molecule has 1 heteroatoms. The lowest BCUT2D eigenvalue weighted by Gasteiger charge is -2.00.